The highest BCUT2D eigenvalue weighted by molar-refractivity contribution is 6.01. The van der Waals surface area contributed by atoms with E-state index in [9.17, 15) is 14.4 Å². The molecule has 0 rings (SSSR count). The normalized spacial score (nSPS) is 11.7. The SMILES string of the molecule is CCCCCC(=O)[C@@H](CC(=O)OCC)C(=O)OCC. The third-order valence-corrected chi connectivity index (χ3v) is 2.66. The minimum absolute atomic E-state index is 0.195. The number of Topliss-reactive ketones (excluding diaryl/α,β-unsaturated/α-hetero) is 1. The molecule has 0 unspecified atom stereocenters. The van der Waals surface area contributed by atoms with Crippen LogP contribution in [0.5, 0.6) is 0 Å². The Morgan fingerprint density at radius 2 is 1.58 bits per heavy atom. The molecule has 0 amide bonds. The molecule has 0 radical (unpaired) electrons. The van der Waals surface area contributed by atoms with Gasteiger partial charge >= 0.3 is 11.9 Å². The van der Waals surface area contributed by atoms with Crippen LogP contribution in [0.1, 0.15) is 52.9 Å². The second kappa shape index (κ2) is 10.5. The Kier molecular flexibility index (Phi) is 9.75. The second-order valence-electron chi connectivity index (χ2n) is 4.24. The first-order valence-electron chi connectivity index (χ1n) is 6.91. The third kappa shape index (κ3) is 7.59. The van der Waals surface area contributed by atoms with E-state index in [0.717, 1.165) is 19.3 Å². The molecule has 19 heavy (non-hydrogen) atoms. The first-order chi connectivity index (χ1) is 9.06. The summed E-state index contributed by atoms with van der Waals surface area (Å²) in [5.41, 5.74) is 0. The van der Waals surface area contributed by atoms with Gasteiger partial charge in [0, 0.05) is 6.42 Å². The number of esters is 2. The molecule has 0 saturated heterocycles. The summed E-state index contributed by atoms with van der Waals surface area (Å²) in [4.78, 5) is 35.1. The fourth-order valence-corrected chi connectivity index (χ4v) is 1.68. The first kappa shape index (κ1) is 17.6. The van der Waals surface area contributed by atoms with Gasteiger partial charge in [0.05, 0.1) is 19.6 Å². The van der Waals surface area contributed by atoms with Crippen molar-refractivity contribution < 1.29 is 23.9 Å². The van der Waals surface area contributed by atoms with Gasteiger partial charge in [0.1, 0.15) is 11.7 Å². The molecule has 0 saturated carbocycles. The lowest BCUT2D eigenvalue weighted by atomic mass is 9.96. The van der Waals surface area contributed by atoms with E-state index >= 15 is 0 Å². The Morgan fingerprint density at radius 3 is 2.11 bits per heavy atom. The standard InChI is InChI=1S/C14H24O5/c1-4-7-8-9-12(15)11(14(17)19-6-3)10-13(16)18-5-2/h11H,4-10H2,1-3H3/t11-/m1/s1. The summed E-state index contributed by atoms with van der Waals surface area (Å²) in [5, 5.41) is 0. The van der Waals surface area contributed by atoms with Crippen molar-refractivity contribution in [1.29, 1.82) is 0 Å². The van der Waals surface area contributed by atoms with Gasteiger partial charge in [-0.05, 0) is 20.3 Å². The van der Waals surface area contributed by atoms with Gasteiger partial charge in [-0.3, -0.25) is 14.4 Å². The van der Waals surface area contributed by atoms with Crippen LogP contribution in [-0.4, -0.2) is 30.9 Å². The molecule has 0 aromatic rings. The van der Waals surface area contributed by atoms with Crippen LogP contribution in [-0.2, 0) is 23.9 Å². The topological polar surface area (TPSA) is 69.7 Å². The van der Waals surface area contributed by atoms with Gasteiger partial charge < -0.3 is 9.47 Å². The van der Waals surface area contributed by atoms with Gasteiger partial charge in [-0.1, -0.05) is 19.8 Å². The molecule has 0 aliphatic heterocycles. The summed E-state index contributed by atoms with van der Waals surface area (Å²) in [6, 6.07) is 0. The molecule has 0 fully saturated rings. The van der Waals surface area contributed by atoms with Gasteiger partial charge in [-0.25, -0.2) is 0 Å². The van der Waals surface area contributed by atoms with Crippen LogP contribution in [0.4, 0.5) is 0 Å². The van der Waals surface area contributed by atoms with Crippen LogP contribution in [0, 0.1) is 5.92 Å². The van der Waals surface area contributed by atoms with Crippen LogP contribution in [0.25, 0.3) is 0 Å². The van der Waals surface area contributed by atoms with Crippen LogP contribution < -0.4 is 0 Å². The number of ether oxygens (including phenoxy) is 2. The number of hydrogen-bond donors (Lipinski definition) is 0. The second-order valence-corrected chi connectivity index (χ2v) is 4.24. The zero-order valence-electron chi connectivity index (χ0n) is 12.1. The van der Waals surface area contributed by atoms with E-state index in [0.29, 0.717) is 6.42 Å². The van der Waals surface area contributed by atoms with Crippen molar-refractivity contribution >= 4 is 17.7 Å². The first-order valence-corrected chi connectivity index (χ1v) is 6.91. The number of unbranched alkanes of at least 4 members (excludes halogenated alkanes) is 2. The highest BCUT2D eigenvalue weighted by Gasteiger charge is 2.30. The quantitative estimate of drug-likeness (QED) is 0.346. The molecular formula is C14H24O5. The predicted molar refractivity (Wildman–Crippen MR) is 70.5 cm³/mol. The van der Waals surface area contributed by atoms with E-state index in [4.69, 9.17) is 9.47 Å². The van der Waals surface area contributed by atoms with Crippen molar-refractivity contribution in [3.05, 3.63) is 0 Å². The molecular weight excluding hydrogens is 248 g/mol. The van der Waals surface area contributed by atoms with Gasteiger partial charge in [-0.15, -0.1) is 0 Å². The molecule has 0 bridgehead atoms. The van der Waals surface area contributed by atoms with Crippen LogP contribution >= 0.6 is 0 Å². The van der Waals surface area contributed by atoms with Crippen molar-refractivity contribution in [2.75, 3.05) is 13.2 Å². The molecule has 110 valence electrons. The lowest BCUT2D eigenvalue weighted by Crippen LogP contribution is -2.29. The number of hydrogen-bond acceptors (Lipinski definition) is 5. The van der Waals surface area contributed by atoms with Crippen LogP contribution in [0.2, 0.25) is 0 Å². The summed E-state index contributed by atoms with van der Waals surface area (Å²) in [6.07, 6.45) is 2.73. The molecule has 1 atom stereocenters. The number of carbonyl (C=O) groups is 3. The summed E-state index contributed by atoms with van der Waals surface area (Å²) in [6.45, 7) is 5.81. The maximum absolute atomic E-state index is 12.0. The molecule has 0 aromatic heterocycles. The van der Waals surface area contributed by atoms with E-state index < -0.39 is 17.9 Å². The average molecular weight is 272 g/mol. The maximum Gasteiger partial charge on any atom is 0.317 e. The zero-order chi connectivity index (χ0) is 14.7. The smallest absolute Gasteiger partial charge is 0.317 e. The molecule has 0 heterocycles. The molecule has 0 aromatic carbocycles. The Morgan fingerprint density at radius 1 is 0.947 bits per heavy atom. The van der Waals surface area contributed by atoms with Gasteiger partial charge in [0.25, 0.3) is 0 Å². The minimum atomic E-state index is -1.02. The van der Waals surface area contributed by atoms with Gasteiger partial charge in [0.15, 0.2) is 0 Å². The Hall–Kier alpha value is -1.39. The summed E-state index contributed by atoms with van der Waals surface area (Å²) in [7, 11) is 0. The van der Waals surface area contributed by atoms with Gasteiger partial charge in [0.2, 0.25) is 0 Å². The fourth-order valence-electron chi connectivity index (χ4n) is 1.68. The van der Waals surface area contributed by atoms with Crippen LogP contribution in [0.3, 0.4) is 0 Å². The molecule has 0 N–H and O–H groups in total. The van der Waals surface area contributed by atoms with Crippen molar-refractivity contribution in [3.8, 4) is 0 Å². The molecule has 0 aliphatic rings. The Labute approximate surface area is 114 Å². The van der Waals surface area contributed by atoms with Crippen molar-refractivity contribution in [1.82, 2.24) is 0 Å². The van der Waals surface area contributed by atoms with E-state index in [1.807, 2.05) is 6.92 Å². The molecule has 0 spiro atoms. The third-order valence-electron chi connectivity index (χ3n) is 2.66. The van der Waals surface area contributed by atoms with Crippen molar-refractivity contribution in [3.63, 3.8) is 0 Å². The monoisotopic (exact) mass is 272 g/mol. The number of rotatable bonds is 10. The molecule has 5 nitrogen and oxygen atoms in total. The fraction of sp³-hybridized carbons (Fsp3) is 0.786. The van der Waals surface area contributed by atoms with Crippen molar-refractivity contribution in [2.24, 2.45) is 5.92 Å². The summed E-state index contributed by atoms with van der Waals surface area (Å²) in [5.74, 6) is -2.42. The van der Waals surface area contributed by atoms with Gasteiger partial charge in [-0.2, -0.15) is 0 Å². The summed E-state index contributed by atoms with van der Waals surface area (Å²) >= 11 is 0. The lowest BCUT2D eigenvalue weighted by Gasteiger charge is -2.13. The van der Waals surface area contributed by atoms with Crippen molar-refractivity contribution in [2.45, 2.75) is 52.9 Å². The Balaban J connectivity index is 4.51. The molecule has 0 aliphatic carbocycles. The summed E-state index contributed by atoms with van der Waals surface area (Å²) < 4.78 is 9.62. The predicted octanol–water partition coefficient (Wildman–Crippen LogP) is 2.27. The van der Waals surface area contributed by atoms with Crippen LogP contribution in [0.15, 0.2) is 0 Å². The average Bonchev–Trinajstić information content (AvgIpc) is 2.36. The largest absolute Gasteiger partial charge is 0.466 e. The van der Waals surface area contributed by atoms with E-state index in [2.05, 4.69) is 0 Å². The number of carbonyl (C=O) groups excluding carboxylic acids is 3. The van der Waals surface area contributed by atoms with E-state index in [-0.39, 0.29) is 25.4 Å². The maximum atomic E-state index is 12.0. The van der Waals surface area contributed by atoms with E-state index in [1.54, 1.807) is 13.8 Å². The highest BCUT2D eigenvalue weighted by Crippen LogP contribution is 2.14. The Bertz CT molecular complexity index is 298. The zero-order valence-corrected chi connectivity index (χ0v) is 12.1. The lowest BCUT2D eigenvalue weighted by molar-refractivity contribution is -0.158. The molecule has 5 heteroatoms. The van der Waals surface area contributed by atoms with E-state index in [1.165, 1.54) is 0 Å². The number of ketones is 1. The highest BCUT2D eigenvalue weighted by atomic mass is 16.5. The minimum Gasteiger partial charge on any atom is -0.466 e.